The molecule has 4 nitrogen and oxygen atoms in total. The molecule has 0 unspecified atom stereocenters. The maximum Gasteiger partial charge on any atom is 0.139 e. The summed E-state index contributed by atoms with van der Waals surface area (Å²) in [5, 5.41) is 7.02. The van der Waals surface area contributed by atoms with Crippen LogP contribution in [0.2, 0.25) is 5.02 Å². The molecule has 0 atom stereocenters. The lowest BCUT2D eigenvalue weighted by molar-refractivity contribution is 1.04. The minimum Gasteiger partial charge on any atom is -0.373 e. The summed E-state index contributed by atoms with van der Waals surface area (Å²) < 4.78 is 0.844. The number of rotatable bonds is 3. The van der Waals surface area contributed by atoms with E-state index < -0.39 is 0 Å². The van der Waals surface area contributed by atoms with E-state index in [1.807, 2.05) is 39.1 Å². The molecule has 2 rings (SSSR count). The van der Waals surface area contributed by atoms with Crippen LogP contribution in [-0.2, 0) is 0 Å². The Morgan fingerprint density at radius 2 is 1.84 bits per heavy atom. The molecular formula is C13H14BrClN4. The summed E-state index contributed by atoms with van der Waals surface area (Å²) in [6, 6.07) is 5.65. The lowest BCUT2D eigenvalue weighted by Gasteiger charge is -2.13. The van der Waals surface area contributed by atoms with Crippen LogP contribution in [-0.4, -0.2) is 17.0 Å². The van der Waals surface area contributed by atoms with Gasteiger partial charge in [0.05, 0.1) is 5.02 Å². The minimum absolute atomic E-state index is 0.678. The summed E-state index contributed by atoms with van der Waals surface area (Å²) in [6.07, 6.45) is 0. The van der Waals surface area contributed by atoms with E-state index in [9.17, 15) is 0 Å². The predicted molar refractivity (Wildman–Crippen MR) is 83.5 cm³/mol. The summed E-state index contributed by atoms with van der Waals surface area (Å²) in [7, 11) is 1.84. The minimum atomic E-state index is 0.678. The number of halogens is 2. The van der Waals surface area contributed by atoms with Crippen molar-refractivity contribution in [1.82, 2.24) is 9.97 Å². The molecule has 2 N–H and O–H groups in total. The Labute approximate surface area is 125 Å². The molecule has 0 aliphatic heterocycles. The third-order valence-electron chi connectivity index (χ3n) is 2.68. The first kappa shape index (κ1) is 14.1. The van der Waals surface area contributed by atoms with Gasteiger partial charge >= 0.3 is 0 Å². The Balaban J connectivity index is 2.37. The molecule has 1 aromatic heterocycles. The highest BCUT2D eigenvalue weighted by Gasteiger charge is 2.09. The number of nitrogens with one attached hydrogen (secondary N) is 2. The highest BCUT2D eigenvalue weighted by atomic mass is 79.9. The van der Waals surface area contributed by atoms with Crippen LogP contribution in [0.25, 0.3) is 0 Å². The van der Waals surface area contributed by atoms with Gasteiger partial charge in [0.15, 0.2) is 0 Å². The van der Waals surface area contributed by atoms with Crippen molar-refractivity contribution in [2.45, 2.75) is 13.8 Å². The van der Waals surface area contributed by atoms with E-state index in [4.69, 9.17) is 11.6 Å². The largest absolute Gasteiger partial charge is 0.373 e. The summed E-state index contributed by atoms with van der Waals surface area (Å²) in [5.41, 5.74) is 1.89. The number of hydrogen-bond donors (Lipinski definition) is 2. The van der Waals surface area contributed by atoms with Gasteiger partial charge < -0.3 is 10.6 Å². The second-order valence-corrected chi connectivity index (χ2v) is 5.36. The van der Waals surface area contributed by atoms with Crippen molar-refractivity contribution in [3.8, 4) is 0 Å². The van der Waals surface area contributed by atoms with Crippen molar-refractivity contribution in [2.75, 3.05) is 17.7 Å². The lowest BCUT2D eigenvalue weighted by atomic mass is 10.2. The van der Waals surface area contributed by atoms with Crippen LogP contribution < -0.4 is 10.6 Å². The molecule has 100 valence electrons. The van der Waals surface area contributed by atoms with Crippen molar-refractivity contribution < 1.29 is 0 Å². The van der Waals surface area contributed by atoms with Gasteiger partial charge in [0, 0.05) is 22.8 Å². The molecule has 6 heteroatoms. The van der Waals surface area contributed by atoms with Crippen LogP contribution in [0.3, 0.4) is 0 Å². The third kappa shape index (κ3) is 3.16. The van der Waals surface area contributed by atoms with Gasteiger partial charge in [-0.25, -0.2) is 9.97 Å². The van der Waals surface area contributed by atoms with Gasteiger partial charge in [0.2, 0.25) is 0 Å². The second-order valence-electron chi connectivity index (χ2n) is 4.10. The van der Waals surface area contributed by atoms with E-state index >= 15 is 0 Å². The lowest BCUT2D eigenvalue weighted by Crippen LogP contribution is -2.05. The molecule has 0 radical (unpaired) electrons. The van der Waals surface area contributed by atoms with E-state index in [0.717, 1.165) is 27.4 Å². The molecule has 0 aliphatic carbocycles. The summed E-state index contributed by atoms with van der Waals surface area (Å²) in [6.45, 7) is 3.84. The highest BCUT2D eigenvalue weighted by Crippen LogP contribution is 2.28. The van der Waals surface area contributed by atoms with Crippen LogP contribution in [0.15, 0.2) is 22.7 Å². The number of benzene rings is 1. The van der Waals surface area contributed by atoms with Crippen molar-refractivity contribution in [3.63, 3.8) is 0 Å². The summed E-state index contributed by atoms with van der Waals surface area (Å²) >= 11 is 9.38. The molecule has 0 saturated carbocycles. The van der Waals surface area contributed by atoms with Crippen LogP contribution >= 0.6 is 27.5 Å². The molecule has 0 saturated heterocycles. The average Bonchev–Trinajstić information content (AvgIpc) is 2.37. The first-order chi connectivity index (χ1) is 9.01. The SMILES string of the molecule is CNc1nc(C)nc(Nc2ccc(Cl)c(Br)c2)c1C. The van der Waals surface area contributed by atoms with Gasteiger partial charge in [-0.15, -0.1) is 0 Å². The fourth-order valence-corrected chi connectivity index (χ4v) is 2.20. The second kappa shape index (κ2) is 5.75. The number of nitrogens with zero attached hydrogens (tertiary/aromatic N) is 2. The van der Waals surface area contributed by atoms with Crippen molar-refractivity contribution in [2.24, 2.45) is 0 Å². The molecule has 0 aliphatic rings. The quantitative estimate of drug-likeness (QED) is 0.874. The smallest absolute Gasteiger partial charge is 0.139 e. The molecule has 19 heavy (non-hydrogen) atoms. The van der Waals surface area contributed by atoms with E-state index in [1.165, 1.54) is 0 Å². The van der Waals surface area contributed by atoms with Crippen LogP contribution in [0, 0.1) is 13.8 Å². The standard InChI is InChI=1S/C13H14BrClN4/c1-7-12(16-3)17-8(2)18-13(7)19-9-4-5-11(15)10(14)6-9/h4-6H,1-3H3,(H2,16,17,18,19). The Hall–Kier alpha value is -1.33. The number of aryl methyl sites for hydroxylation is 1. The van der Waals surface area contributed by atoms with Gasteiger partial charge in [-0.05, 0) is 48.0 Å². The average molecular weight is 342 g/mol. The first-order valence-corrected chi connectivity index (χ1v) is 6.93. The monoisotopic (exact) mass is 340 g/mol. The molecule has 1 heterocycles. The third-order valence-corrected chi connectivity index (χ3v) is 3.89. The Morgan fingerprint density at radius 3 is 2.47 bits per heavy atom. The fraction of sp³-hybridized carbons (Fsp3) is 0.231. The number of aromatic nitrogens is 2. The van der Waals surface area contributed by atoms with Crippen molar-refractivity contribution in [1.29, 1.82) is 0 Å². The zero-order chi connectivity index (χ0) is 14.0. The zero-order valence-electron chi connectivity index (χ0n) is 10.9. The van der Waals surface area contributed by atoms with Crippen LogP contribution in [0.4, 0.5) is 17.3 Å². The first-order valence-electron chi connectivity index (χ1n) is 5.76. The normalized spacial score (nSPS) is 10.4. The van der Waals surface area contributed by atoms with E-state index in [0.29, 0.717) is 10.8 Å². The molecular weight excluding hydrogens is 328 g/mol. The van der Waals surface area contributed by atoms with Gasteiger partial charge in [-0.3, -0.25) is 0 Å². The Bertz CT molecular complexity index is 616. The van der Waals surface area contributed by atoms with Crippen LogP contribution in [0.5, 0.6) is 0 Å². The Kier molecular flexibility index (Phi) is 4.27. The number of anilines is 3. The van der Waals surface area contributed by atoms with Crippen LogP contribution in [0.1, 0.15) is 11.4 Å². The zero-order valence-corrected chi connectivity index (χ0v) is 13.2. The summed E-state index contributed by atoms with van der Waals surface area (Å²) in [5.74, 6) is 2.32. The van der Waals surface area contributed by atoms with Crippen molar-refractivity contribution in [3.05, 3.63) is 39.1 Å². The molecule has 0 spiro atoms. The topological polar surface area (TPSA) is 49.8 Å². The molecule has 1 aromatic carbocycles. The highest BCUT2D eigenvalue weighted by molar-refractivity contribution is 9.10. The van der Waals surface area contributed by atoms with Gasteiger partial charge in [-0.1, -0.05) is 11.6 Å². The molecule has 0 fully saturated rings. The van der Waals surface area contributed by atoms with E-state index in [1.54, 1.807) is 0 Å². The van der Waals surface area contributed by atoms with E-state index in [-0.39, 0.29) is 0 Å². The number of hydrogen-bond acceptors (Lipinski definition) is 4. The van der Waals surface area contributed by atoms with E-state index in [2.05, 4.69) is 36.5 Å². The van der Waals surface area contributed by atoms with Gasteiger partial charge in [0.1, 0.15) is 17.5 Å². The van der Waals surface area contributed by atoms with Crippen molar-refractivity contribution >= 4 is 44.9 Å². The fourth-order valence-electron chi connectivity index (χ4n) is 1.70. The summed E-state index contributed by atoms with van der Waals surface area (Å²) in [4.78, 5) is 8.75. The molecule has 2 aromatic rings. The van der Waals surface area contributed by atoms with Gasteiger partial charge in [0.25, 0.3) is 0 Å². The maximum absolute atomic E-state index is 5.98. The molecule has 0 amide bonds. The maximum atomic E-state index is 5.98. The van der Waals surface area contributed by atoms with Gasteiger partial charge in [-0.2, -0.15) is 0 Å². The predicted octanol–water partition coefficient (Wildman–Crippen LogP) is 4.29. The Morgan fingerprint density at radius 1 is 1.16 bits per heavy atom. The molecule has 0 bridgehead atoms.